The minimum Gasteiger partial charge on any atom is -0.354 e. The van der Waals surface area contributed by atoms with E-state index in [0.29, 0.717) is 18.8 Å². The van der Waals surface area contributed by atoms with E-state index < -0.39 is 59.2 Å². The third kappa shape index (κ3) is 4.80. The first-order chi connectivity index (χ1) is 16.5. The molecule has 4 rings (SSSR count). The third-order valence-electron chi connectivity index (χ3n) is 5.66. The second-order valence-corrected chi connectivity index (χ2v) is 8.05. The smallest absolute Gasteiger partial charge is 0.354 e. The van der Waals surface area contributed by atoms with Crippen LogP contribution >= 0.6 is 0 Å². The molecular formula is C22H19F6N5O2. The van der Waals surface area contributed by atoms with Crippen LogP contribution in [0.1, 0.15) is 30.1 Å². The van der Waals surface area contributed by atoms with Crippen LogP contribution in [0.4, 0.5) is 32.2 Å². The van der Waals surface area contributed by atoms with Gasteiger partial charge in [0.2, 0.25) is 5.43 Å². The van der Waals surface area contributed by atoms with Gasteiger partial charge in [-0.2, -0.15) is 13.2 Å². The number of aromatic nitrogens is 3. The Labute approximate surface area is 194 Å². The van der Waals surface area contributed by atoms with Crippen LogP contribution < -0.4 is 15.6 Å². The number of amides is 1. The van der Waals surface area contributed by atoms with E-state index in [1.165, 1.54) is 19.1 Å². The van der Waals surface area contributed by atoms with Gasteiger partial charge in [0.05, 0.1) is 18.1 Å². The molecule has 0 spiro atoms. The molecule has 0 radical (unpaired) electrons. The average molecular weight is 499 g/mol. The Morgan fingerprint density at radius 3 is 2.63 bits per heavy atom. The Morgan fingerprint density at radius 1 is 1.29 bits per heavy atom. The van der Waals surface area contributed by atoms with Crippen molar-refractivity contribution < 1.29 is 31.1 Å². The number of rotatable bonds is 5. The molecule has 4 heterocycles. The van der Waals surface area contributed by atoms with Crippen molar-refractivity contribution in [2.45, 2.75) is 38.2 Å². The number of carbonyl (C=O) groups excluding carboxylic acids is 1. The van der Waals surface area contributed by atoms with Crippen molar-refractivity contribution in [2.24, 2.45) is 0 Å². The topological polar surface area (TPSA) is 80.1 Å². The minimum atomic E-state index is -4.76. The first-order valence-corrected chi connectivity index (χ1v) is 10.6. The van der Waals surface area contributed by atoms with Gasteiger partial charge in [-0.3, -0.25) is 14.2 Å². The molecule has 0 aliphatic carbocycles. The van der Waals surface area contributed by atoms with Crippen molar-refractivity contribution in [1.29, 1.82) is 0 Å². The first-order valence-electron chi connectivity index (χ1n) is 10.6. The SMILES string of the molecule is CC[C@H](NC(=O)c1cn(-c2ncc(F)cc2F)c2nc(N3CC[C@H](F)C3)ccc2c1=O)C(F)(F)F. The molecule has 2 atom stereocenters. The van der Waals surface area contributed by atoms with Gasteiger partial charge in [0.1, 0.15) is 29.4 Å². The van der Waals surface area contributed by atoms with Crippen LogP contribution in [0, 0.1) is 11.6 Å². The van der Waals surface area contributed by atoms with Crippen LogP contribution in [0.2, 0.25) is 0 Å². The lowest BCUT2D eigenvalue weighted by atomic mass is 10.1. The zero-order valence-corrected chi connectivity index (χ0v) is 18.2. The number of anilines is 1. The van der Waals surface area contributed by atoms with Crippen LogP contribution in [0.3, 0.4) is 0 Å². The molecule has 0 unspecified atom stereocenters. The van der Waals surface area contributed by atoms with Gasteiger partial charge >= 0.3 is 6.18 Å². The zero-order valence-electron chi connectivity index (χ0n) is 18.2. The van der Waals surface area contributed by atoms with E-state index in [4.69, 9.17) is 0 Å². The summed E-state index contributed by atoms with van der Waals surface area (Å²) < 4.78 is 82.2. The van der Waals surface area contributed by atoms with Gasteiger partial charge in [-0.25, -0.2) is 23.1 Å². The number of pyridine rings is 3. The number of nitrogens with zero attached hydrogens (tertiary/aromatic N) is 4. The number of alkyl halides is 4. The van der Waals surface area contributed by atoms with Crippen molar-refractivity contribution in [3.8, 4) is 5.82 Å². The Balaban J connectivity index is 1.90. The highest BCUT2D eigenvalue weighted by molar-refractivity contribution is 5.97. The van der Waals surface area contributed by atoms with Crippen molar-refractivity contribution in [1.82, 2.24) is 19.9 Å². The normalized spacial score (nSPS) is 17.1. The number of halogens is 6. The maximum atomic E-state index is 14.6. The van der Waals surface area contributed by atoms with Gasteiger partial charge in [0, 0.05) is 18.8 Å². The molecule has 13 heteroatoms. The highest BCUT2D eigenvalue weighted by Crippen LogP contribution is 2.25. The number of hydrogen-bond donors (Lipinski definition) is 1. The molecule has 1 aliphatic heterocycles. The summed E-state index contributed by atoms with van der Waals surface area (Å²) >= 11 is 0. The quantitative estimate of drug-likeness (QED) is 0.542. The van der Waals surface area contributed by atoms with E-state index in [2.05, 4.69) is 9.97 Å². The highest BCUT2D eigenvalue weighted by atomic mass is 19.4. The summed E-state index contributed by atoms with van der Waals surface area (Å²) in [5.74, 6) is -3.77. The second-order valence-electron chi connectivity index (χ2n) is 8.05. The zero-order chi connectivity index (χ0) is 25.5. The predicted molar refractivity (Wildman–Crippen MR) is 114 cm³/mol. The molecule has 3 aromatic heterocycles. The molecule has 0 saturated carbocycles. The third-order valence-corrected chi connectivity index (χ3v) is 5.66. The average Bonchev–Trinajstić information content (AvgIpc) is 3.23. The van der Waals surface area contributed by atoms with Crippen LogP contribution in [-0.4, -0.2) is 51.9 Å². The van der Waals surface area contributed by atoms with Gasteiger partial charge < -0.3 is 10.2 Å². The summed E-state index contributed by atoms with van der Waals surface area (Å²) in [5.41, 5.74) is -1.85. The molecule has 1 aliphatic rings. The van der Waals surface area contributed by atoms with Gasteiger partial charge in [0.15, 0.2) is 17.3 Å². The molecule has 35 heavy (non-hydrogen) atoms. The van der Waals surface area contributed by atoms with E-state index >= 15 is 0 Å². The fraction of sp³-hybridized carbons (Fsp3) is 0.364. The Kier molecular flexibility index (Phi) is 6.43. The first kappa shape index (κ1) is 24.5. The van der Waals surface area contributed by atoms with E-state index in [1.807, 2.05) is 0 Å². The van der Waals surface area contributed by atoms with Crippen LogP contribution in [0.25, 0.3) is 16.9 Å². The van der Waals surface area contributed by atoms with E-state index in [0.717, 1.165) is 10.8 Å². The highest BCUT2D eigenvalue weighted by Gasteiger charge is 2.39. The van der Waals surface area contributed by atoms with Crippen LogP contribution in [0.5, 0.6) is 0 Å². The van der Waals surface area contributed by atoms with Gasteiger partial charge in [-0.1, -0.05) is 6.92 Å². The number of nitrogens with one attached hydrogen (secondary N) is 1. The van der Waals surface area contributed by atoms with E-state index in [1.54, 1.807) is 10.2 Å². The maximum absolute atomic E-state index is 14.6. The van der Waals surface area contributed by atoms with Gasteiger partial charge in [-0.05, 0) is 25.0 Å². The second kappa shape index (κ2) is 9.19. The monoisotopic (exact) mass is 499 g/mol. The molecule has 0 aromatic carbocycles. The van der Waals surface area contributed by atoms with Crippen LogP contribution in [0.15, 0.2) is 35.4 Å². The largest absolute Gasteiger partial charge is 0.408 e. The molecule has 7 nitrogen and oxygen atoms in total. The number of carbonyl (C=O) groups is 1. The molecule has 1 saturated heterocycles. The molecule has 1 amide bonds. The lowest BCUT2D eigenvalue weighted by Crippen LogP contribution is -2.46. The summed E-state index contributed by atoms with van der Waals surface area (Å²) in [4.78, 5) is 35.3. The van der Waals surface area contributed by atoms with Crippen LogP contribution in [-0.2, 0) is 0 Å². The molecule has 1 fully saturated rings. The number of hydrogen-bond acceptors (Lipinski definition) is 5. The Morgan fingerprint density at radius 2 is 2.03 bits per heavy atom. The molecule has 186 valence electrons. The summed E-state index contributed by atoms with van der Waals surface area (Å²) in [5, 5.41) is 1.55. The molecule has 1 N–H and O–H groups in total. The van der Waals surface area contributed by atoms with Crippen molar-refractivity contribution in [3.05, 3.63) is 58.0 Å². The standard InChI is InChI=1S/C22H19F6N5O2/c1-2-16(22(26,27)28)30-21(35)14-10-33(20-15(25)7-12(24)8-29-20)19-13(18(14)34)3-4-17(31-19)32-6-5-11(23)9-32/h3-4,7-8,10-11,16H,2,5-6,9H2,1H3,(H,30,35)/t11-,16-/m0/s1. The molecule has 3 aromatic rings. The predicted octanol–water partition coefficient (Wildman–Crippen LogP) is 3.68. The summed E-state index contributed by atoms with van der Waals surface area (Å²) in [6.45, 7) is 1.59. The van der Waals surface area contributed by atoms with E-state index in [-0.39, 0.29) is 29.8 Å². The number of fused-ring (bicyclic) bond motifs is 1. The van der Waals surface area contributed by atoms with E-state index in [9.17, 15) is 35.9 Å². The fourth-order valence-electron chi connectivity index (χ4n) is 3.85. The Bertz CT molecular complexity index is 1340. The van der Waals surface area contributed by atoms with Crippen molar-refractivity contribution in [3.63, 3.8) is 0 Å². The lowest BCUT2D eigenvalue weighted by molar-refractivity contribution is -0.153. The fourth-order valence-corrected chi connectivity index (χ4v) is 3.85. The summed E-state index contributed by atoms with van der Waals surface area (Å²) in [6.07, 6.45) is -4.57. The van der Waals surface area contributed by atoms with Gasteiger partial charge in [0.25, 0.3) is 5.91 Å². The Hall–Kier alpha value is -3.64. The lowest BCUT2D eigenvalue weighted by Gasteiger charge is -2.21. The van der Waals surface area contributed by atoms with Crippen molar-refractivity contribution in [2.75, 3.05) is 18.0 Å². The maximum Gasteiger partial charge on any atom is 0.408 e. The molecular weight excluding hydrogens is 480 g/mol. The molecule has 0 bridgehead atoms. The van der Waals surface area contributed by atoms with Gasteiger partial charge in [-0.15, -0.1) is 0 Å². The van der Waals surface area contributed by atoms with Crippen molar-refractivity contribution >= 4 is 22.8 Å². The minimum absolute atomic E-state index is 0.0439. The summed E-state index contributed by atoms with van der Waals surface area (Å²) in [7, 11) is 0. The summed E-state index contributed by atoms with van der Waals surface area (Å²) in [6, 6.07) is 0.957.